The van der Waals surface area contributed by atoms with Gasteiger partial charge in [-0.15, -0.1) is 5.10 Å². The Kier molecular flexibility index (Phi) is 4.90. The van der Waals surface area contributed by atoms with E-state index in [-0.39, 0.29) is 12.3 Å². The van der Waals surface area contributed by atoms with Gasteiger partial charge in [0, 0.05) is 26.2 Å². The molecule has 1 aromatic rings. The number of hydrogen-bond acceptors (Lipinski definition) is 4. The zero-order valence-electron chi connectivity index (χ0n) is 11.5. The van der Waals surface area contributed by atoms with Crippen molar-refractivity contribution in [3.63, 3.8) is 0 Å². The van der Waals surface area contributed by atoms with E-state index in [2.05, 4.69) is 10.3 Å². The highest BCUT2D eigenvalue weighted by Crippen LogP contribution is 2.35. The molecule has 0 aromatic carbocycles. The van der Waals surface area contributed by atoms with Crippen molar-refractivity contribution in [2.75, 3.05) is 13.7 Å². The van der Waals surface area contributed by atoms with Crippen molar-refractivity contribution in [3.8, 4) is 0 Å². The maximum Gasteiger partial charge on any atom is 0.223 e. The summed E-state index contributed by atoms with van der Waals surface area (Å²) in [5.74, 6) is 0.134. The molecule has 0 radical (unpaired) electrons. The minimum absolute atomic E-state index is 0.191. The van der Waals surface area contributed by atoms with Gasteiger partial charge in [0.25, 0.3) is 0 Å². The molecule has 0 atom stereocenters. The molecular weight excluding hydrogens is 244 g/mol. The molecule has 0 spiro atoms. The molecule has 1 saturated carbocycles. The fraction of sp³-hybridized carbons (Fsp3) is 0.769. The van der Waals surface area contributed by atoms with Crippen LogP contribution in [0.25, 0.3) is 0 Å². The largest absolute Gasteiger partial charge is 0.385 e. The minimum Gasteiger partial charge on any atom is -0.385 e. The van der Waals surface area contributed by atoms with Gasteiger partial charge in [-0.05, 0) is 19.3 Å². The molecule has 6 heteroatoms. The van der Waals surface area contributed by atoms with E-state index < -0.39 is 0 Å². The summed E-state index contributed by atoms with van der Waals surface area (Å²) in [5, 5.41) is 8.34. The van der Waals surface area contributed by atoms with Crippen LogP contribution in [0.4, 0.5) is 0 Å². The lowest BCUT2D eigenvalue weighted by atomic mass is 10.0. The van der Waals surface area contributed by atoms with Crippen LogP contribution in [0, 0.1) is 0 Å². The third-order valence-corrected chi connectivity index (χ3v) is 3.65. The van der Waals surface area contributed by atoms with Gasteiger partial charge in [-0.25, -0.2) is 4.68 Å². The van der Waals surface area contributed by atoms with Crippen molar-refractivity contribution in [2.45, 2.75) is 51.0 Å². The first-order chi connectivity index (χ1) is 9.22. The van der Waals surface area contributed by atoms with Gasteiger partial charge in [0.05, 0.1) is 17.8 Å². The molecule has 19 heavy (non-hydrogen) atoms. The molecule has 1 fully saturated rings. The van der Waals surface area contributed by atoms with Crippen LogP contribution in [-0.4, -0.2) is 34.6 Å². The molecule has 0 unspecified atom stereocenters. The topological polar surface area (TPSA) is 83.0 Å². The van der Waals surface area contributed by atoms with Crippen LogP contribution in [0.5, 0.6) is 0 Å². The molecule has 1 aliphatic rings. The number of rotatable bonds is 7. The smallest absolute Gasteiger partial charge is 0.223 e. The lowest BCUT2D eigenvalue weighted by molar-refractivity contribution is -0.117. The molecule has 0 saturated heterocycles. The Balaban J connectivity index is 2.16. The third kappa shape index (κ3) is 3.53. The zero-order valence-corrected chi connectivity index (χ0v) is 11.5. The van der Waals surface area contributed by atoms with Crippen molar-refractivity contribution in [3.05, 3.63) is 11.4 Å². The molecule has 1 heterocycles. The van der Waals surface area contributed by atoms with Crippen molar-refractivity contribution >= 4 is 5.91 Å². The molecule has 1 aromatic heterocycles. The maximum atomic E-state index is 11.1. The average Bonchev–Trinajstić information content (AvgIpc) is 2.98. The van der Waals surface area contributed by atoms with E-state index >= 15 is 0 Å². The lowest BCUT2D eigenvalue weighted by Gasteiger charge is -2.13. The minimum atomic E-state index is -0.344. The Labute approximate surface area is 113 Å². The number of nitrogens with zero attached hydrogens (tertiary/aromatic N) is 3. The number of amides is 1. The number of nitrogens with two attached hydrogens (primary N) is 1. The van der Waals surface area contributed by atoms with Gasteiger partial charge < -0.3 is 10.5 Å². The van der Waals surface area contributed by atoms with Crippen LogP contribution >= 0.6 is 0 Å². The summed E-state index contributed by atoms with van der Waals surface area (Å²) in [4.78, 5) is 11.1. The third-order valence-electron chi connectivity index (χ3n) is 3.65. The normalized spacial score (nSPS) is 16.1. The molecule has 6 nitrogen and oxygen atoms in total. The zero-order chi connectivity index (χ0) is 13.7. The monoisotopic (exact) mass is 266 g/mol. The summed E-state index contributed by atoms with van der Waals surface area (Å²) in [6.45, 7) is 1.49. The first-order valence-corrected chi connectivity index (χ1v) is 6.92. The highest BCUT2D eigenvalue weighted by molar-refractivity contribution is 5.76. The highest BCUT2D eigenvalue weighted by atomic mass is 16.5. The van der Waals surface area contributed by atoms with E-state index in [1.165, 1.54) is 12.8 Å². The van der Waals surface area contributed by atoms with Crippen LogP contribution in [0.3, 0.4) is 0 Å². The highest BCUT2D eigenvalue weighted by Gasteiger charge is 2.26. The molecule has 2 N–H and O–H groups in total. The Morgan fingerprint density at radius 3 is 2.84 bits per heavy atom. The summed E-state index contributed by atoms with van der Waals surface area (Å²) in [5.41, 5.74) is 7.17. The van der Waals surface area contributed by atoms with Gasteiger partial charge in [-0.3, -0.25) is 4.79 Å². The number of ether oxygens (including phenoxy) is 1. The molecule has 2 rings (SSSR count). The van der Waals surface area contributed by atoms with Gasteiger partial charge in [-0.2, -0.15) is 0 Å². The number of methoxy groups -OCH3 is 1. The van der Waals surface area contributed by atoms with Crippen molar-refractivity contribution in [1.82, 2.24) is 15.0 Å². The van der Waals surface area contributed by atoms with Crippen molar-refractivity contribution in [1.29, 1.82) is 0 Å². The molecule has 0 aliphatic heterocycles. The van der Waals surface area contributed by atoms with E-state index in [1.54, 1.807) is 7.11 Å². The first kappa shape index (κ1) is 14.0. The van der Waals surface area contributed by atoms with Gasteiger partial charge >= 0.3 is 0 Å². The van der Waals surface area contributed by atoms with E-state index in [1.807, 2.05) is 4.68 Å². The quantitative estimate of drug-likeness (QED) is 0.746. The fourth-order valence-corrected chi connectivity index (χ4v) is 2.82. The number of primary amides is 1. The second kappa shape index (κ2) is 6.65. The van der Waals surface area contributed by atoms with Gasteiger partial charge in [-0.1, -0.05) is 18.1 Å². The van der Waals surface area contributed by atoms with Crippen LogP contribution in [0.15, 0.2) is 0 Å². The molecule has 0 bridgehead atoms. The van der Waals surface area contributed by atoms with Crippen molar-refractivity contribution in [2.24, 2.45) is 5.73 Å². The van der Waals surface area contributed by atoms with Gasteiger partial charge in [0.2, 0.25) is 5.91 Å². The predicted molar refractivity (Wildman–Crippen MR) is 70.6 cm³/mol. The molecule has 106 valence electrons. The number of carbonyl (C=O) groups is 1. The van der Waals surface area contributed by atoms with Crippen LogP contribution in [0.2, 0.25) is 0 Å². The summed E-state index contributed by atoms with van der Waals surface area (Å²) in [6.07, 6.45) is 5.88. The standard InChI is InChI=1S/C13H22N4O2/c1-19-8-4-7-17-13(10-5-2-3-6-10)11(15-16-17)9-12(14)18/h10H,2-9H2,1H3,(H2,14,18). The summed E-state index contributed by atoms with van der Waals surface area (Å²) >= 11 is 0. The average molecular weight is 266 g/mol. The number of carbonyl (C=O) groups excluding carboxylic acids is 1. The molecule has 1 amide bonds. The Hall–Kier alpha value is -1.43. The number of aromatic nitrogens is 3. The summed E-state index contributed by atoms with van der Waals surface area (Å²) in [6, 6.07) is 0. The lowest BCUT2D eigenvalue weighted by Crippen LogP contribution is -2.17. The van der Waals surface area contributed by atoms with E-state index in [4.69, 9.17) is 10.5 Å². The van der Waals surface area contributed by atoms with E-state index in [9.17, 15) is 4.79 Å². The number of aryl methyl sites for hydroxylation is 1. The van der Waals surface area contributed by atoms with Gasteiger partial charge in [0.1, 0.15) is 0 Å². The number of hydrogen-bond donors (Lipinski definition) is 1. The maximum absolute atomic E-state index is 11.1. The van der Waals surface area contributed by atoms with E-state index in [0.717, 1.165) is 37.2 Å². The van der Waals surface area contributed by atoms with Crippen LogP contribution in [-0.2, 0) is 22.5 Å². The summed E-state index contributed by atoms with van der Waals surface area (Å²) in [7, 11) is 1.69. The second-order valence-corrected chi connectivity index (χ2v) is 5.12. The summed E-state index contributed by atoms with van der Waals surface area (Å²) < 4.78 is 7.00. The van der Waals surface area contributed by atoms with Gasteiger partial charge in [0.15, 0.2) is 0 Å². The van der Waals surface area contributed by atoms with Crippen LogP contribution < -0.4 is 5.73 Å². The molecule has 1 aliphatic carbocycles. The second-order valence-electron chi connectivity index (χ2n) is 5.12. The Bertz CT molecular complexity index is 424. The predicted octanol–water partition coefficient (Wildman–Crippen LogP) is 1.000. The van der Waals surface area contributed by atoms with Crippen molar-refractivity contribution < 1.29 is 9.53 Å². The first-order valence-electron chi connectivity index (χ1n) is 6.92. The van der Waals surface area contributed by atoms with Crippen LogP contribution in [0.1, 0.15) is 49.4 Å². The van der Waals surface area contributed by atoms with E-state index in [0.29, 0.717) is 12.5 Å². The Morgan fingerprint density at radius 1 is 1.47 bits per heavy atom. The molecular formula is C13H22N4O2. The Morgan fingerprint density at radius 2 is 2.21 bits per heavy atom. The SMILES string of the molecule is COCCCn1nnc(CC(N)=O)c1C1CCCC1. The fourth-order valence-electron chi connectivity index (χ4n) is 2.82.